The second-order valence-corrected chi connectivity index (χ2v) is 3.64. The molecule has 0 aliphatic carbocycles. The number of aryl methyl sites for hydroxylation is 1. The Labute approximate surface area is 76.5 Å². The predicted molar refractivity (Wildman–Crippen MR) is 46.3 cm³/mol. The fourth-order valence-electron chi connectivity index (χ4n) is 1.49. The fourth-order valence-corrected chi connectivity index (χ4v) is 1.49. The summed E-state index contributed by atoms with van der Waals surface area (Å²) >= 11 is 0. The molecule has 2 heterocycles. The second kappa shape index (κ2) is 2.87. The van der Waals surface area contributed by atoms with Crippen LogP contribution in [0.3, 0.4) is 0 Å². The minimum Gasteiger partial charge on any atom is -0.361 e. The van der Waals surface area contributed by atoms with Gasteiger partial charge in [0.05, 0.1) is 0 Å². The molecule has 1 amide bonds. The number of rotatable bonds is 1. The van der Waals surface area contributed by atoms with Crippen molar-refractivity contribution in [2.75, 3.05) is 13.1 Å². The molecule has 0 spiro atoms. The molecule has 1 aliphatic heterocycles. The Balaban J connectivity index is 2.06. The summed E-state index contributed by atoms with van der Waals surface area (Å²) in [4.78, 5) is 13.4. The second-order valence-electron chi connectivity index (χ2n) is 3.64. The highest BCUT2D eigenvalue weighted by Gasteiger charge is 2.29. The molecule has 1 aliphatic rings. The number of carbonyl (C=O) groups excluding carboxylic acids is 1. The van der Waals surface area contributed by atoms with Crippen molar-refractivity contribution >= 4 is 5.91 Å². The highest BCUT2D eigenvalue weighted by molar-refractivity contribution is 5.92. The molecule has 0 atom stereocenters. The zero-order valence-electron chi connectivity index (χ0n) is 7.78. The molecule has 0 N–H and O–H groups in total. The molecule has 0 unspecified atom stereocenters. The Morgan fingerprint density at radius 2 is 2.38 bits per heavy atom. The normalized spacial score (nSPS) is 17.2. The highest BCUT2D eigenvalue weighted by atomic mass is 16.5. The summed E-state index contributed by atoms with van der Waals surface area (Å²) in [6.07, 6.45) is 0. The first kappa shape index (κ1) is 8.29. The standard InChI is InChI=1S/C9H12N2O2/c1-6-4-11(5-6)9(12)8-3-7(2)13-10-8/h3,6H,4-5H2,1-2H3. The lowest BCUT2D eigenvalue weighted by atomic mass is 10.0. The largest absolute Gasteiger partial charge is 0.361 e. The lowest BCUT2D eigenvalue weighted by molar-refractivity contribution is 0.0520. The van der Waals surface area contributed by atoms with Gasteiger partial charge in [0.25, 0.3) is 5.91 Å². The van der Waals surface area contributed by atoms with Crippen LogP contribution in [0.5, 0.6) is 0 Å². The molecule has 4 nitrogen and oxygen atoms in total. The number of likely N-dealkylation sites (tertiary alicyclic amines) is 1. The quantitative estimate of drug-likeness (QED) is 0.649. The Morgan fingerprint density at radius 1 is 1.69 bits per heavy atom. The van der Waals surface area contributed by atoms with Crippen LogP contribution in [0.1, 0.15) is 23.2 Å². The predicted octanol–water partition coefficient (Wildman–Crippen LogP) is 1.07. The third-order valence-electron chi connectivity index (χ3n) is 2.20. The van der Waals surface area contributed by atoms with Crippen molar-refractivity contribution in [1.29, 1.82) is 0 Å². The summed E-state index contributed by atoms with van der Waals surface area (Å²) in [7, 11) is 0. The van der Waals surface area contributed by atoms with E-state index in [2.05, 4.69) is 12.1 Å². The SMILES string of the molecule is Cc1cc(C(=O)N2CC(C)C2)no1. The third kappa shape index (κ3) is 1.43. The highest BCUT2D eigenvalue weighted by Crippen LogP contribution is 2.17. The van der Waals surface area contributed by atoms with Crippen molar-refractivity contribution in [1.82, 2.24) is 10.1 Å². The molecule has 4 heteroatoms. The first-order chi connectivity index (χ1) is 6.16. The number of amides is 1. The summed E-state index contributed by atoms with van der Waals surface area (Å²) in [5.41, 5.74) is 0.421. The van der Waals surface area contributed by atoms with Gasteiger partial charge in [-0.15, -0.1) is 0 Å². The summed E-state index contributed by atoms with van der Waals surface area (Å²) < 4.78 is 4.83. The van der Waals surface area contributed by atoms with E-state index >= 15 is 0 Å². The minimum absolute atomic E-state index is 0.0186. The van der Waals surface area contributed by atoms with Crippen LogP contribution >= 0.6 is 0 Å². The van der Waals surface area contributed by atoms with E-state index < -0.39 is 0 Å². The van der Waals surface area contributed by atoms with E-state index in [1.165, 1.54) is 0 Å². The number of nitrogens with zero attached hydrogens (tertiary/aromatic N) is 2. The van der Waals surface area contributed by atoms with Crippen molar-refractivity contribution in [3.05, 3.63) is 17.5 Å². The fraction of sp³-hybridized carbons (Fsp3) is 0.556. The molecule has 1 fully saturated rings. The number of aromatic nitrogens is 1. The van der Waals surface area contributed by atoms with Crippen molar-refractivity contribution in [3.63, 3.8) is 0 Å². The molecular formula is C9H12N2O2. The maximum absolute atomic E-state index is 11.6. The summed E-state index contributed by atoms with van der Waals surface area (Å²) in [6, 6.07) is 1.67. The number of hydrogen-bond acceptors (Lipinski definition) is 3. The van der Waals surface area contributed by atoms with Crippen LogP contribution in [0.2, 0.25) is 0 Å². The molecule has 13 heavy (non-hydrogen) atoms. The van der Waals surface area contributed by atoms with Gasteiger partial charge < -0.3 is 9.42 Å². The van der Waals surface area contributed by atoms with Gasteiger partial charge in [-0.05, 0) is 12.8 Å². The Kier molecular flexibility index (Phi) is 1.83. The molecule has 0 aromatic carbocycles. The van der Waals surface area contributed by atoms with Crippen LogP contribution in [0, 0.1) is 12.8 Å². The Morgan fingerprint density at radius 3 is 2.85 bits per heavy atom. The summed E-state index contributed by atoms with van der Waals surface area (Å²) in [5.74, 6) is 1.28. The van der Waals surface area contributed by atoms with Gasteiger partial charge in [-0.25, -0.2) is 0 Å². The molecule has 0 saturated carbocycles. The molecule has 1 aromatic heterocycles. The first-order valence-corrected chi connectivity index (χ1v) is 4.39. The van der Waals surface area contributed by atoms with Gasteiger partial charge in [0, 0.05) is 19.2 Å². The molecule has 1 saturated heterocycles. The van der Waals surface area contributed by atoms with E-state index in [1.54, 1.807) is 17.9 Å². The van der Waals surface area contributed by atoms with Gasteiger partial charge in [-0.1, -0.05) is 12.1 Å². The topological polar surface area (TPSA) is 46.3 Å². The monoisotopic (exact) mass is 180 g/mol. The van der Waals surface area contributed by atoms with Crippen molar-refractivity contribution in [3.8, 4) is 0 Å². The van der Waals surface area contributed by atoms with E-state index in [0.717, 1.165) is 13.1 Å². The minimum atomic E-state index is -0.0186. The van der Waals surface area contributed by atoms with Crippen LogP contribution in [0.15, 0.2) is 10.6 Å². The van der Waals surface area contributed by atoms with Gasteiger partial charge in [0.15, 0.2) is 5.69 Å². The Bertz CT molecular complexity index is 326. The van der Waals surface area contributed by atoms with E-state index in [9.17, 15) is 4.79 Å². The van der Waals surface area contributed by atoms with Crippen LogP contribution in [-0.4, -0.2) is 29.1 Å². The molecular weight excluding hydrogens is 168 g/mol. The Hall–Kier alpha value is -1.32. The first-order valence-electron chi connectivity index (χ1n) is 4.39. The molecule has 2 rings (SSSR count). The van der Waals surface area contributed by atoms with Crippen LogP contribution in [0.4, 0.5) is 0 Å². The number of carbonyl (C=O) groups is 1. The lowest BCUT2D eigenvalue weighted by Gasteiger charge is -2.36. The van der Waals surface area contributed by atoms with Gasteiger partial charge in [0.2, 0.25) is 0 Å². The van der Waals surface area contributed by atoms with E-state index in [0.29, 0.717) is 17.4 Å². The van der Waals surface area contributed by atoms with E-state index in [1.807, 2.05) is 0 Å². The summed E-state index contributed by atoms with van der Waals surface area (Å²) in [5, 5.41) is 3.68. The van der Waals surface area contributed by atoms with Crippen LogP contribution in [-0.2, 0) is 0 Å². The molecule has 1 aromatic rings. The lowest BCUT2D eigenvalue weighted by Crippen LogP contribution is -2.48. The molecule has 0 radical (unpaired) electrons. The molecule has 70 valence electrons. The van der Waals surface area contributed by atoms with Gasteiger partial charge in [-0.3, -0.25) is 4.79 Å². The van der Waals surface area contributed by atoms with Gasteiger partial charge in [0.1, 0.15) is 5.76 Å². The smallest absolute Gasteiger partial charge is 0.276 e. The summed E-state index contributed by atoms with van der Waals surface area (Å²) in [6.45, 7) is 5.58. The van der Waals surface area contributed by atoms with E-state index in [-0.39, 0.29) is 5.91 Å². The van der Waals surface area contributed by atoms with Crippen LogP contribution in [0.25, 0.3) is 0 Å². The van der Waals surface area contributed by atoms with Gasteiger partial charge in [-0.2, -0.15) is 0 Å². The average Bonchev–Trinajstić information content (AvgIpc) is 2.45. The zero-order valence-corrected chi connectivity index (χ0v) is 7.78. The average molecular weight is 180 g/mol. The zero-order chi connectivity index (χ0) is 9.42. The van der Waals surface area contributed by atoms with Gasteiger partial charge >= 0.3 is 0 Å². The van der Waals surface area contributed by atoms with Crippen molar-refractivity contribution in [2.45, 2.75) is 13.8 Å². The van der Waals surface area contributed by atoms with E-state index in [4.69, 9.17) is 4.52 Å². The maximum Gasteiger partial charge on any atom is 0.276 e. The number of hydrogen-bond donors (Lipinski definition) is 0. The maximum atomic E-state index is 11.6. The van der Waals surface area contributed by atoms with Crippen LogP contribution < -0.4 is 0 Å². The van der Waals surface area contributed by atoms with Crippen molar-refractivity contribution in [2.24, 2.45) is 5.92 Å². The molecule has 0 bridgehead atoms. The van der Waals surface area contributed by atoms with Crippen molar-refractivity contribution < 1.29 is 9.32 Å². The third-order valence-corrected chi connectivity index (χ3v) is 2.20.